The zero-order chi connectivity index (χ0) is 15.8. The SMILES string of the molecule is CC(=O)O.CC1CN(C(=O)Cn2cccnc2=O)CCN1. The van der Waals surface area contributed by atoms with Crippen LogP contribution in [-0.4, -0.2) is 57.1 Å². The Morgan fingerprint density at radius 2 is 2.19 bits per heavy atom. The smallest absolute Gasteiger partial charge is 0.347 e. The van der Waals surface area contributed by atoms with Gasteiger partial charge in [0.1, 0.15) is 6.54 Å². The molecule has 1 aliphatic rings. The number of rotatable bonds is 2. The van der Waals surface area contributed by atoms with Crippen molar-refractivity contribution in [1.29, 1.82) is 0 Å². The molecule has 1 atom stereocenters. The normalized spacial score (nSPS) is 17.6. The number of nitrogens with one attached hydrogen (secondary N) is 1. The van der Waals surface area contributed by atoms with Crippen LogP contribution in [0.25, 0.3) is 0 Å². The molecule has 1 unspecified atom stereocenters. The summed E-state index contributed by atoms with van der Waals surface area (Å²) < 4.78 is 1.33. The average molecular weight is 296 g/mol. The van der Waals surface area contributed by atoms with Crippen LogP contribution in [0.1, 0.15) is 13.8 Å². The largest absolute Gasteiger partial charge is 0.481 e. The molecule has 0 aliphatic carbocycles. The monoisotopic (exact) mass is 296 g/mol. The van der Waals surface area contributed by atoms with Crippen molar-refractivity contribution in [2.24, 2.45) is 0 Å². The molecular formula is C13H20N4O4. The third-order valence-corrected chi connectivity index (χ3v) is 2.81. The Morgan fingerprint density at radius 3 is 2.76 bits per heavy atom. The van der Waals surface area contributed by atoms with Crippen LogP contribution in [0, 0.1) is 0 Å². The molecule has 0 spiro atoms. The van der Waals surface area contributed by atoms with Crippen molar-refractivity contribution >= 4 is 11.9 Å². The van der Waals surface area contributed by atoms with E-state index in [1.54, 1.807) is 17.2 Å². The van der Waals surface area contributed by atoms with Crippen LogP contribution in [0.4, 0.5) is 0 Å². The van der Waals surface area contributed by atoms with E-state index in [9.17, 15) is 9.59 Å². The van der Waals surface area contributed by atoms with E-state index in [0.29, 0.717) is 19.1 Å². The van der Waals surface area contributed by atoms with Crippen molar-refractivity contribution < 1.29 is 14.7 Å². The molecule has 2 N–H and O–H groups in total. The zero-order valence-corrected chi connectivity index (χ0v) is 12.2. The molecule has 1 aromatic rings. The maximum absolute atomic E-state index is 12.0. The summed E-state index contributed by atoms with van der Waals surface area (Å²) >= 11 is 0. The number of aliphatic carboxylic acids is 1. The van der Waals surface area contributed by atoms with E-state index in [2.05, 4.69) is 10.3 Å². The van der Waals surface area contributed by atoms with Gasteiger partial charge in [0.15, 0.2) is 0 Å². The first kappa shape index (κ1) is 16.8. The Hall–Kier alpha value is -2.22. The second-order valence-electron chi connectivity index (χ2n) is 4.74. The number of amides is 1. The fraction of sp³-hybridized carbons (Fsp3) is 0.538. The molecule has 21 heavy (non-hydrogen) atoms. The van der Waals surface area contributed by atoms with Gasteiger partial charge in [-0.2, -0.15) is 0 Å². The van der Waals surface area contributed by atoms with Gasteiger partial charge in [0.05, 0.1) is 0 Å². The van der Waals surface area contributed by atoms with Gasteiger partial charge in [-0.1, -0.05) is 0 Å². The van der Waals surface area contributed by atoms with Gasteiger partial charge in [-0.3, -0.25) is 14.2 Å². The van der Waals surface area contributed by atoms with Crippen LogP contribution in [-0.2, 0) is 16.1 Å². The van der Waals surface area contributed by atoms with E-state index >= 15 is 0 Å². The number of aromatic nitrogens is 2. The molecule has 0 radical (unpaired) electrons. The van der Waals surface area contributed by atoms with Crippen molar-refractivity contribution in [2.45, 2.75) is 26.4 Å². The van der Waals surface area contributed by atoms with Gasteiger partial charge in [0.25, 0.3) is 5.97 Å². The highest BCUT2D eigenvalue weighted by atomic mass is 16.4. The number of carbonyl (C=O) groups excluding carboxylic acids is 1. The Kier molecular flexibility index (Phi) is 6.54. The number of piperazine rings is 1. The quantitative estimate of drug-likeness (QED) is 0.737. The van der Waals surface area contributed by atoms with Crippen molar-refractivity contribution in [3.63, 3.8) is 0 Å². The van der Waals surface area contributed by atoms with Crippen molar-refractivity contribution in [3.05, 3.63) is 28.9 Å². The first-order valence-electron chi connectivity index (χ1n) is 6.62. The Labute approximate surface area is 122 Å². The van der Waals surface area contributed by atoms with Gasteiger partial charge in [0, 0.05) is 45.0 Å². The zero-order valence-electron chi connectivity index (χ0n) is 12.2. The molecule has 1 fully saturated rings. The van der Waals surface area contributed by atoms with Crippen LogP contribution in [0.2, 0.25) is 0 Å². The fourth-order valence-electron chi connectivity index (χ4n) is 1.91. The lowest BCUT2D eigenvalue weighted by Crippen LogP contribution is -2.52. The summed E-state index contributed by atoms with van der Waals surface area (Å²) in [6, 6.07) is 1.95. The average Bonchev–Trinajstić information content (AvgIpc) is 2.40. The lowest BCUT2D eigenvalue weighted by atomic mass is 10.2. The van der Waals surface area contributed by atoms with Crippen molar-refractivity contribution in [3.8, 4) is 0 Å². The van der Waals surface area contributed by atoms with Crippen LogP contribution in [0.5, 0.6) is 0 Å². The molecule has 2 rings (SSSR count). The molecule has 8 heteroatoms. The number of hydrogen-bond donors (Lipinski definition) is 2. The summed E-state index contributed by atoms with van der Waals surface area (Å²) in [5.41, 5.74) is -0.385. The topological polar surface area (TPSA) is 105 Å². The molecule has 0 aromatic carbocycles. The van der Waals surface area contributed by atoms with Gasteiger partial charge in [0.2, 0.25) is 5.91 Å². The molecule has 0 bridgehead atoms. The van der Waals surface area contributed by atoms with Gasteiger partial charge in [-0.25, -0.2) is 9.78 Å². The van der Waals surface area contributed by atoms with Crippen LogP contribution < -0.4 is 11.0 Å². The summed E-state index contributed by atoms with van der Waals surface area (Å²) in [6.07, 6.45) is 3.01. The predicted molar refractivity (Wildman–Crippen MR) is 75.9 cm³/mol. The van der Waals surface area contributed by atoms with Crippen LogP contribution >= 0.6 is 0 Å². The van der Waals surface area contributed by atoms with Gasteiger partial charge < -0.3 is 15.3 Å². The standard InChI is InChI=1S/C11H16N4O2.C2H4O2/c1-9-7-14(6-4-12-9)10(16)8-15-5-2-3-13-11(15)17;1-2(3)4/h2-3,5,9,12H,4,6-8H2,1H3;1H3,(H,3,4). The summed E-state index contributed by atoms with van der Waals surface area (Å²) in [7, 11) is 0. The lowest BCUT2D eigenvalue weighted by molar-refractivity contribution is -0.134. The molecule has 1 aromatic heterocycles. The van der Waals surface area contributed by atoms with E-state index in [1.165, 1.54) is 10.8 Å². The summed E-state index contributed by atoms with van der Waals surface area (Å²) in [6.45, 7) is 5.37. The summed E-state index contributed by atoms with van der Waals surface area (Å²) in [5.74, 6) is -0.867. The molecule has 0 saturated carbocycles. The molecule has 1 amide bonds. The number of nitrogens with zero attached hydrogens (tertiary/aromatic N) is 3. The fourth-order valence-corrected chi connectivity index (χ4v) is 1.91. The lowest BCUT2D eigenvalue weighted by Gasteiger charge is -2.32. The Morgan fingerprint density at radius 1 is 1.52 bits per heavy atom. The second kappa shape index (κ2) is 8.15. The van der Waals surface area contributed by atoms with E-state index in [4.69, 9.17) is 9.90 Å². The number of carboxylic acids is 1. The highest BCUT2D eigenvalue weighted by Gasteiger charge is 2.20. The minimum atomic E-state index is -0.833. The predicted octanol–water partition coefficient (Wildman–Crippen LogP) is -0.845. The Bertz CT molecular complexity index is 539. The van der Waals surface area contributed by atoms with Gasteiger partial charge in [-0.05, 0) is 13.0 Å². The molecule has 1 aliphatic heterocycles. The van der Waals surface area contributed by atoms with Crippen LogP contribution in [0.15, 0.2) is 23.3 Å². The summed E-state index contributed by atoms with van der Waals surface area (Å²) in [4.78, 5) is 37.7. The van der Waals surface area contributed by atoms with E-state index in [-0.39, 0.29) is 18.1 Å². The first-order chi connectivity index (χ1) is 9.90. The van der Waals surface area contributed by atoms with E-state index in [1.807, 2.05) is 6.92 Å². The van der Waals surface area contributed by atoms with Gasteiger partial charge in [-0.15, -0.1) is 0 Å². The van der Waals surface area contributed by atoms with Gasteiger partial charge >= 0.3 is 5.69 Å². The number of hydrogen-bond acceptors (Lipinski definition) is 5. The van der Waals surface area contributed by atoms with Crippen molar-refractivity contribution in [1.82, 2.24) is 19.8 Å². The van der Waals surface area contributed by atoms with E-state index in [0.717, 1.165) is 13.5 Å². The molecule has 8 nitrogen and oxygen atoms in total. The third-order valence-electron chi connectivity index (χ3n) is 2.81. The summed E-state index contributed by atoms with van der Waals surface area (Å²) in [5, 5.41) is 10.7. The van der Waals surface area contributed by atoms with E-state index < -0.39 is 5.97 Å². The Balaban J connectivity index is 0.000000491. The minimum Gasteiger partial charge on any atom is -0.481 e. The maximum Gasteiger partial charge on any atom is 0.347 e. The van der Waals surface area contributed by atoms with Crippen LogP contribution in [0.3, 0.4) is 0 Å². The first-order valence-corrected chi connectivity index (χ1v) is 6.62. The number of carbonyl (C=O) groups is 2. The number of carboxylic acid groups (broad SMARTS) is 1. The van der Waals surface area contributed by atoms with Crippen molar-refractivity contribution in [2.75, 3.05) is 19.6 Å². The molecule has 1 saturated heterocycles. The molecular weight excluding hydrogens is 276 g/mol. The third kappa shape index (κ3) is 6.17. The molecule has 2 heterocycles. The minimum absolute atomic E-state index is 0.0338. The molecule has 116 valence electrons. The maximum atomic E-state index is 12.0. The second-order valence-corrected chi connectivity index (χ2v) is 4.74. The highest BCUT2D eigenvalue weighted by Crippen LogP contribution is 2.00. The highest BCUT2D eigenvalue weighted by molar-refractivity contribution is 5.76.